The first kappa shape index (κ1) is 34.7. The largest absolute Gasteiger partial charge is 0.481 e. The number of carbonyl (C=O) groups excluding carboxylic acids is 1. The van der Waals surface area contributed by atoms with E-state index in [9.17, 15) is 14.7 Å². The lowest BCUT2D eigenvalue weighted by Gasteiger charge is -2.25. The van der Waals surface area contributed by atoms with E-state index in [0.717, 1.165) is 41.8 Å². The second kappa shape index (κ2) is 18.1. The number of aromatic nitrogens is 1. The van der Waals surface area contributed by atoms with Crippen LogP contribution in [0.4, 0.5) is 5.69 Å². The van der Waals surface area contributed by atoms with Gasteiger partial charge < -0.3 is 15.2 Å². The summed E-state index contributed by atoms with van der Waals surface area (Å²) in [5.74, 6) is -1.26. The fraction of sp³-hybridized carbons (Fsp3) is 0.447. The number of carboxylic acids is 1. The predicted molar refractivity (Wildman–Crippen MR) is 180 cm³/mol. The van der Waals surface area contributed by atoms with Gasteiger partial charge >= 0.3 is 5.97 Å². The molecule has 0 spiro atoms. The number of hydrogen-bond acceptors (Lipinski definition) is 4. The normalized spacial score (nSPS) is 11.3. The van der Waals surface area contributed by atoms with Crippen molar-refractivity contribution in [2.75, 3.05) is 11.9 Å². The quantitative estimate of drug-likeness (QED) is 0.127. The Morgan fingerprint density at radius 1 is 0.864 bits per heavy atom. The Bertz CT molecular complexity index is 1340. The lowest BCUT2D eigenvalue weighted by Crippen LogP contribution is -2.34. The van der Waals surface area contributed by atoms with Gasteiger partial charge in [-0.3, -0.25) is 14.6 Å². The van der Waals surface area contributed by atoms with Gasteiger partial charge in [0.1, 0.15) is 0 Å². The van der Waals surface area contributed by atoms with Gasteiger partial charge in [-0.15, -0.1) is 0 Å². The van der Waals surface area contributed by atoms with Crippen molar-refractivity contribution in [3.63, 3.8) is 0 Å². The molecule has 1 aromatic heterocycles. The molecular weight excluding hydrogens is 548 g/mol. The van der Waals surface area contributed by atoms with Crippen LogP contribution in [-0.4, -0.2) is 28.6 Å². The Hall–Kier alpha value is -3.77. The molecule has 3 aromatic rings. The van der Waals surface area contributed by atoms with Gasteiger partial charge in [0.15, 0.2) is 0 Å². The van der Waals surface area contributed by atoms with Crippen molar-refractivity contribution in [1.82, 2.24) is 4.98 Å². The van der Waals surface area contributed by atoms with Crippen LogP contribution in [0.2, 0.25) is 0 Å². The van der Waals surface area contributed by atoms with E-state index in [-0.39, 0.29) is 12.3 Å². The van der Waals surface area contributed by atoms with Crippen LogP contribution < -0.4 is 5.32 Å². The average Bonchev–Trinajstić information content (AvgIpc) is 3.04. The number of rotatable bonds is 20. The van der Waals surface area contributed by atoms with Crippen molar-refractivity contribution in [2.45, 2.75) is 98.0 Å². The smallest absolute Gasteiger partial charge is 0.310 e. The van der Waals surface area contributed by atoms with Crippen molar-refractivity contribution in [3.8, 4) is 0 Å². The van der Waals surface area contributed by atoms with E-state index in [0.29, 0.717) is 31.7 Å². The van der Waals surface area contributed by atoms with Gasteiger partial charge in [-0.1, -0.05) is 89.1 Å². The third-order valence-corrected chi connectivity index (χ3v) is 8.51. The topological polar surface area (TPSA) is 88.5 Å². The number of aryl methyl sites for hydroxylation is 2. The van der Waals surface area contributed by atoms with Crippen LogP contribution in [0.25, 0.3) is 5.57 Å². The number of unbranched alkanes of at least 4 members (excludes halogenated alkanes) is 4. The van der Waals surface area contributed by atoms with Gasteiger partial charge in [0.05, 0.1) is 23.4 Å². The lowest BCUT2D eigenvalue weighted by atomic mass is 9.79. The van der Waals surface area contributed by atoms with Crippen LogP contribution in [-0.2, 0) is 33.8 Å². The van der Waals surface area contributed by atoms with Crippen molar-refractivity contribution in [2.24, 2.45) is 5.41 Å². The molecule has 2 N–H and O–H groups in total. The molecular formula is C38H50N2O4. The molecule has 44 heavy (non-hydrogen) atoms. The first-order chi connectivity index (χ1) is 21.3. The van der Waals surface area contributed by atoms with Crippen LogP contribution in [0.3, 0.4) is 0 Å². The van der Waals surface area contributed by atoms with Crippen molar-refractivity contribution in [1.29, 1.82) is 0 Å². The van der Waals surface area contributed by atoms with Crippen LogP contribution in [0.15, 0.2) is 73.3 Å². The lowest BCUT2D eigenvalue weighted by molar-refractivity contribution is -0.151. The minimum absolute atomic E-state index is 0.0730. The van der Waals surface area contributed by atoms with E-state index in [1.165, 1.54) is 43.2 Å². The average molecular weight is 599 g/mol. The van der Waals surface area contributed by atoms with E-state index in [1.54, 1.807) is 19.9 Å². The number of aliphatic carboxylic acids is 1. The molecule has 6 heteroatoms. The molecule has 0 unspecified atom stereocenters. The molecule has 0 radical (unpaired) electrons. The molecule has 3 rings (SSSR count). The van der Waals surface area contributed by atoms with Crippen LogP contribution >= 0.6 is 0 Å². The Labute approximate surface area is 264 Å². The van der Waals surface area contributed by atoms with E-state index >= 15 is 0 Å². The van der Waals surface area contributed by atoms with Gasteiger partial charge in [0.2, 0.25) is 5.91 Å². The third-order valence-electron chi connectivity index (χ3n) is 8.51. The fourth-order valence-corrected chi connectivity index (χ4v) is 5.39. The molecule has 0 aliphatic rings. The number of carboxylic acid groups (broad SMARTS) is 1. The summed E-state index contributed by atoms with van der Waals surface area (Å²) in [6, 6.07) is 22.3. The zero-order chi connectivity index (χ0) is 31.8. The molecule has 2 aromatic carbocycles. The minimum Gasteiger partial charge on any atom is -0.481 e. The van der Waals surface area contributed by atoms with Crippen molar-refractivity contribution >= 4 is 23.1 Å². The third kappa shape index (κ3) is 10.7. The van der Waals surface area contributed by atoms with Gasteiger partial charge in [0.25, 0.3) is 0 Å². The van der Waals surface area contributed by atoms with E-state index in [4.69, 9.17) is 9.72 Å². The molecule has 0 saturated carbocycles. The summed E-state index contributed by atoms with van der Waals surface area (Å²) in [6.45, 7) is 11.2. The number of nitrogens with zero attached hydrogens (tertiary/aromatic N) is 1. The van der Waals surface area contributed by atoms with E-state index < -0.39 is 11.4 Å². The van der Waals surface area contributed by atoms with Crippen molar-refractivity contribution in [3.05, 3.63) is 101 Å². The standard InChI is InChI=1S/C38H50N2O4/c1-5-8-9-10-15-30-21-23-31(24-22-30)16-11-12-25-44-28-34-19-14-20-35(39-34)29(4)32-17-13-18-33(26-32)40-36(41)27-38(6-2,7-3)37(42)43/h13-14,17-24,26H,4-12,15-16,25,27-28H2,1-3H3,(H,40,41)(H,42,43). The fourth-order valence-electron chi connectivity index (χ4n) is 5.39. The molecule has 0 aliphatic carbocycles. The highest BCUT2D eigenvalue weighted by Crippen LogP contribution is 2.32. The Kier molecular flexibility index (Phi) is 14.3. The first-order valence-electron chi connectivity index (χ1n) is 16.2. The molecule has 0 bridgehead atoms. The molecule has 1 heterocycles. The van der Waals surface area contributed by atoms with Gasteiger partial charge in [0, 0.05) is 24.3 Å². The van der Waals surface area contributed by atoms with E-state index in [1.807, 2.05) is 36.4 Å². The predicted octanol–water partition coefficient (Wildman–Crippen LogP) is 9.03. The van der Waals surface area contributed by atoms with Crippen LogP contribution in [0.1, 0.15) is 107 Å². The summed E-state index contributed by atoms with van der Waals surface area (Å²) < 4.78 is 5.94. The number of pyridine rings is 1. The number of ether oxygens (including phenoxy) is 1. The molecule has 6 nitrogen and oxygen atoms in total. The first-order valence-corrected chi connectivity index (χ1v) is 16.2. The SMILES string of the molecule is C=C(c1cccc(NC(=O)CC(CC)(CC)C(=O)O)c1)c1cccc(COCCCCc2ccc(CCCCCC)cc2)n1. The van der Waals surface area contributed by atoms with Gasteiger partial charge in [-0.2, -0.15) is 0 Å². The second-order valence-electron chi connectivity index (χ2n) is 11.7. The van der Waals surface area contributed by atoms with Gasteiger partial charge in [-0.25, -0.2) is 0 Å². The molecule has 0 fully saturated rings. The number of amides is 1. The Balaban J connectivity index is 1.45. The molecule has 0 atom stereocenters. The second-order valence-corrected chi connectivity index (χ2v) is 11.7. The maximum atomic E-state index is 12.7. The summed E-state index contributed by atoms with van der Waals surface area (Å²) in [6.07, 6.45) is 10.2. The minimum atomic E-state index is -1.06. The Morgan fingerprint density at radius 2 is 1.52 bits per heavy atom. The van der Waals surface area contributed by atoms with Crippen LogP contribution in [0.5, 0.6) is 0 Å². The molecule has 0 aliphatic heterocycles. The number of carbonyl (C=O) groups is 2. The summed E-state index contributed by atoms with van der Waals surface area (Å²) >= 11 is 0. The van der Waals surface area contributed by atoms with Crippen molar-refractivity contribution < 1.29 is 19.4 Å². The highest BCUT2D eigenvalue weighted by molar-refractivity contribution is 5.94. The number of nitrogens with one attached hydrogen (secondary N) is 1. The number of hydrogen-bond donors (Lipinski definition) is 2. The molecule has 236 valence electrons. The van der Waals surface area contributed by atoms with Crippen LogP contribution in [0, 0.1) is 5.41 Å². The number of anilines is 1. The monoisotopic (exact) mass is 598 g/mol. The Morgan fingerprint density at radius 3 is 2.16 bits per heavy atom. The van der Waals surface area contributed by atoms with Gasteiger partial charge in [-0.05, 0) is 85.9 Å². The highest BCUT2D eigenvalue weighted by atomic mass is 16.5. The summed E-state index contributed by atoms with van der Waals surface area (Å²) in [7, 11) is 0. The number of benzene rings is 2. The maximum Gasteiger partial charge on any atom is 0.310 e. The zero-order valence-electron chi connectivity index (χ0n) is 26.9. The molecule has 1 amide bonds. The summed E-state index contributed by atoms with van der Waals surface area (Å²) in [5, 5.41) is 12.5. The zero-order valence-corrected chi connectivity index (χ0v) is 26.9. The summed E-state index contributed by atoms with van der Waals surface area (Å²) in [4.78, 5) is 29.3. The molecule has 0 saturated heterocycles. The highest BCUT2D eigenvalue weighted by Gasteiger charge is 2.37. The maximum absolute atomic E-state index is 12.7. The van der Waals surface area contributed by atoms with E-state index in [2.05, 4.69) is 43.1 Å². The summed E-state index contributed by atoms with van der Waals surface area (Å²) in [5.41, 5.74) is 5.50.